The van der Waals surface area contributed by atoms with Gasteiger partial charge in [0.05, 0.1) is 17.4 Å². The van der Waals surface area contributed by atoms with Gasteiger partial charge in [-0.25, -0.2) is 0 Å². The largest absolute Gasteiger partial charge is 0.379 e. The highest BCUT2D eigenvalue weighted by Gasteiger charge is 2.41. The molecule has 1 N–H and O–H groups in total. The molecule has 0 aliphatic heterocycles. The highest BCUT2D eigenvalue weighted by Crippen LogP contribution is 2.49. The maximum absolute atomic E-state index is 4.51. The number of hydrogen-bond acceptors (Lipinski definition) is 3. The third-order valence-electron chi connectivity index (χ3n) is 5.33. The number of anilines is 1. The lowest BCUT2D eigenvalue weighted by Gasteiger charge is -2.29. The van der Waals surface area contributed by atoms with Crippen molar-refractivity contribution in [2.45, 2.75) is 38.6 Å². The van der Waals surface area contributed by atoms with E-state index in [1.54, 1.807) is 0 Å². The lowest BCUT2D eigenvalue weighted by molar-refractivity contribution is 0.304. The molecule has 104 valence electrons. The van der Waals surface area contributed by atoms with Crippen molar-refractivity contribution in [3.05, 3.63) is 30.7 Å². The van der Waals surface area contributed by atoms with Gasteiger partial charge in [0, 0.05) is 23.8 Å². The molecule has 2 bridgehead atoms. The molecule has 0 aromatic carbocycles. The molecule has 3 heteroatoms. The first-order chi connectivity index (χ1) is 9.81. The Hall–Kier alpha value is -1.64. The predicted molar refractivity (Wildman–Crippen MR) is 81.6 cm³/mol. The van der Waals surface area contributed by atoms with Gasteiger partial charge < -0.3 is 5.32 Å². The summed E-state index contributed by atoms with van der Waals surface area (Å²) in [6.07, 6.45) is 11.4. The molecule has 20 heavy (non-hydrogen) atoms. The molecular weight excluding hydrogens is 246 g/mol. The van der Waals surface area contributed by atoms with Crippen LogP contribution in [0.4, 0.5) is 5.69 Å². The molecule has 2 aliphatic carbocycles. The number of pyridine rings is 2. The first-order valence-corrected chi connectivity index (χ1v) is 7.76. The molecule has 0 saturated heterocycles. The smallest absolute Gasteiger partial charge is 0.0964 e. The summed E-state index contributed by atoms with van der Waals surface area (Å²) in [7, 11) is 0. The minimum atomic E-state index is 0.514. The van der Waals surface area contributed by atoms with Crippen LogP contribution in [-0.2, 0) is 0 Å². The molecule has 2 aromatic heterocycles. The second kappa shape index (κ2) is 4.72. The first-order valence-electron chi connectivity index (χ1n) is 7.76. The lowest BCUT2D eigenvalue weighted by Crippen LogP contribution is -2.30. The van der Waals surface area contributed by atoms with E-state index >= 15 is 0 Å². The van der Waals surface area contributed by atoms with Crippen LogP contribution in [0.2, 0.25) is 0 Å². The van der Waals surface area contributed by atoms with Gasteiger partial charge in [0.25, 0.3) is 0 Å². The van der Waals surface area contributed by atoms with Crippen LogP contribution in [-0.4, -0.2) is 16.0 Å². The van der Waals surface area contributed by atoms with Gasteiger partial charge in [0.2, 0.25) is 0 Å². The van der Waals surface area contributed by atoms with Gasteiger partial charge in [-0.3, -0.25) is 9.97 Å². The molecule has 4 atom stereocenters. The van der Waals surface area contributed by atoms with Gasteiger partial charge in [0.15, 0.2) is 0 Å². The molecule has 4 unspecified atom stereocenters. The molecule has 0 radical (unpaired) electrons. The Morgan fingerprint density at radius 3 is 3.00 bits per heavy atom. The highest BCUT2D eigenvalue weighted by molar-refractivity contribution is 5.89. The van der Waals surface area contributed by atoms with Crippen LogP contribution in [0.15, 0.2) is 30.7 Å². The average molecular weight is 267 g/mol. The zero-order valence-electron chi connectivity index (χ0n) is 11.9. The fourth-order valence-corrected chi connectivity index (χ4v) is 4.36. The van der Waals surface area contributed by atoms with E-state index in [2.05, 4.69) is 28.3 Å². The van der Waals surface area contributed by atoms with Crippen LogP contribution in [0.1, 0.15) is 32.6 Å². The Labute approximate surface area is 119 Å². The van der Waals surface area contributed by atoms with E-state index in [1.165, 1.54) is 25.7 Å². The van der Waals surface area contributed by atoms with Crippen LogP contribution in [0.5, 0.6) is 0 Å². The van der Waals surface area contributed by atoms with Gasteiger partial charge in [-0.15, -0.1) is 0 Å². The van der Waals surface area contributed by atoms with Crippen LogP contribution >= 0.6 is 0 Å². The number of nitrogens with one attached hydrogen (secondary N) is 1. The second-order valence-electron chi connectivity index (χ2n) is 6.53. The maximum Gasteiger partial charge on any atom is 0.0964 e. The molecule has 0 spiro atoms. The standard InChI is InChI=1S/C17H21N3/c1-11(15-8-12-4-5-13(15)7-12)20-16-10-18-9-14-3-2-6-19-17(14)16/h2-3,6,9-13,15,20H,4-5,7-8H2,1H3. The van der Waals surface area contributed by atoms with Gasteiger partial charge in [-0.1, -0.05) is 6.42 Å². The van der Waals surface area contributed by atoms with E-state index in [4.69, 9.17) is 0 Å². The van der Waals surface area contributed by atoms with E-state index in [0.717, 1.165) is 34.3 Å². The fourth-order valence-electron chi connectivity index (χ4n) is 4.36. The van der Waals surface area contributed by atoms with E-state index in [9.17, 15) is 0 Å². The van der Waals surface area contributed by atoms with Crippen LogP contribution in [0.3, 0.4) is 0 Å². The number of fused-ring (bicyclic) bond motifs is 3. The van der Waals surface area contributed by atoms with Crippen molar-refractivity contribution in [1.29, 1.82) is 0 Å². The molecule has 2 aromatic rings. The van der Waals surface area contributed by atoms with Crippen LogP contribution < -0.4 is 5.32 Å². The molecule has 2 heterocycles. The average Bonchev–Trinajstić information content (AvgIpc) is 3.10. The van der Waals surface area contributed by atoms with E-state index < -0.39 is 0 Å². The van der Waals surface area contributed by atoms with Crippen molar-refractivity contribution >= 4 is 16.6 Å². The zero-order chi connectivity index (χ0) is 13.5. The molecule has 2 aliphatic rings. The molecule has 2 saturated carbocycles. The number of nitrogens with zero attached hydrogens (tertiary/aromatic N) is 2. The quantitative estimate of drug-likeness (QED) is 0.917. The summed E-state index contributed by atoms with van der Waals surface area (Å²) in [5.41, 5.74) is 2.12. The van der Waals surface area contributed by atoms with E-state index in [0.29, 0.717) is 6.04 Å². The monoisotopic (exact) mass is 267 g/mol. The SMILES string of the molecule is CC(Nc1cncc2cccnc12)C1CC2CCC1C2. The third kappa shape index (κ3) is 1.96. The van der Waals surface area contributed by atoms with Gasteiger partial charge >= 0.3 is 0 Å². The van der Waals surface area contributed by atoms with Gasteiger partial charge in [-0.2, -0.15) is 0 Å². The summed E-state index contributed by atoms with van der Waals surface area (Å²) < 4.78 is 0. The summed E-state index contributed by atoms with van der Waals surface area (Å²) in [4.78, 5) is 8.84. The molecule has 4 rings (SSSR count). The van der Waals surface area contributed by atoms with Crippen molar-refractivity contribution in [1.82, 2.24) is 9.97 Å². The minimum Gasteiger partial charge on any atom is -0.379 e. The minimum absolute atomic E-state index is 0.514. The molecule has 2 fully saturated rings. The Morgan fingerprint density at radius 1 is 1.25 bits per heavy atom. The van der Waals surface area contributed by atoms with Crippen molar-refractivity contribution in [2.75, 3.05) is 5.32 Å². The van der Waals surface area contributed by atoms with Crippen molar-refractivity contribution in [3.8, 4) is 0 Å². The normalized spacial score (nSPS) is 29.8. The topological polar surface area (TPSA) is 37.8 Å². The summed E-state index contributed by atoms with van der Waals surface area (Å²) in [5, 5.41) is 4.80. The van der Waals surface area contributed by atoms with Crippen molar-refractivity contribution in [2.24, 2.45) is 17.8 Å². The van der Waals surface area contributed by atoms with Crippen molar-refractivity contribution in [3.63, 3.8) is 0 Å². The predicted octanol–water partition coefficient (Wildman–Crippen LogP) is 3.87. The number of hydrogen-bond donors (Lipinski definition) is 1. The highest BCUT2D eigenvalue weighted by atomic mass is 15.0. The zero-order valence-corrected chi connectivity index (χ0v) is 11.9. The summed E-state index contributed by atoms with van der Waals surface area (Å²) in [6.45, 7) is 2.33. The number of aromatic nitrogens is 2. The van der Waals surface area contributed by atoms with E-state index in [-0.39, 0.29) is 0 Å². The Balaban J connectivity index is 1.58. The molecular formula is C17H21N3. The summed E-state index contributed by atoms with van der Waals surface area (Å²) >= 11 is 0. The Bertz CT molecular complexity index is 619. The molecule has 3 nitrogen and oxygen atoms in total. The van der Waals surface area contributed by atoms with Crippen LogP contribution in [0.25, 0.3) is 10.9 Å². The van der Waals surface area contributed by atoms with Gasteiger partial charge in [-0.05, 0) is 56.1 Å². The maximum atomic E-state index is 4.51. The van der Waals surface area contributed by atoms with Crippen LogP contribution in [0, 0.1) is 17.8 Å². The lowest BCUT2D eigenvalue weighted by atomic mass is 9.84. The van der Waals surface area contributed by atoms with Gasteiger partial charge in [0.1, 0.15) is 0 Å². The van der Waals surface area contributed by atoms with E-state index in [1.807, 2.05) is 24.7 Å². The van der Waals surface area contributed by atoms with Crippen molar-refractivity contribution < 1.29 is 0 Å². The Morgan fingerprint density at radius 2 is 2.20 bits per heavy atom. The first kappa shape index (κ1) is 12.1. The second-order valence-corrected chi connectivity index (χ2v) is 6.53. The Kier molecular flexibility index (Phi) is 2.86. The summed E-state index contributed by atoms with van der Waals surface area (Å²) in [6, 6.07) is 4.55. The molecule has 0 amide bonds. The number of rotatable bonds is 3. The summed E-state index contributed by atoms with van der Waals surface area (Å²) in [5.74, 6) is 2.77. The fraction of sp³-hybridized carbons (Fsp3) is 0.529. The third-order valence-corrected chi connectivity index (χ3v) is 5.33.